The van der Waals surface area contributed by atoms with Crippen molar-refractivity contribution >= 4 is 11.6 Å². The number of halogens is 3. The maximum atomic E-state index is 12.4. The number of alkyl halides is 2. The van der Waals surface area contributed by atoms with Crippen molar-refractivity contribution in [2.45, 2.75) is 13.0 Å². The van der Waals surface area contributed by atoms with Crippen LogP contribution < -0.4 is 0 Å². The Labute approximate surface area is 96.5 Å². The van der Waals surface area contributed by atoms with Crippen molar-refractivity contribution in [3.63, 3.8) is 0 Å². The van der Waals surface area contributed by atoms with E-state index >= 15 is 0 Å². The lowest BCUT2D eigenvalue weighted by atomic mass is 10.2. The molecule has 0 radical (unpaired) electrons. The van der Waals surface area contributed by atoms with Crippen LogP contribution in [-0.2, 0) is 6.54 Å². The molecule has 5 heteroatoms. The van der Waals surface area contributed by atoms with E-state index in [4.69, 9.17) is 11.6 Å². The first-order valence-electron chi connectivity index (χ1n) is 4.72. The first-order chi connectivity index (χ1) is 7.66. The molecule has 0 amide bonds. The van der Waals surface area contributed by atoms with Gasteiger partial charge in [-0.25, -0.2) is 13.5 Å². The van der Waals surface area contributed by atoms with Crippen molar-refractivity contribution in [2.75, 3.05) is 0 Å². The zero-order valence-corrected chi connectivity index (χ0v) is 9.03. The van der Waals surface area contributed by atoms with E-state index in [0.717, 1.165) is 5.56 Å². The highest BCUT2D eigenvalue weighted by Gasteiger charge is 2.14. The van der Waals surface area contributed by atoms with E-state index < -0.39 is 6.43 Å². The van der Waals surface area contributed by atoms with Crippen LogP contribution in [0.15, 0.2) is 36.4 Å². The molecule has 0 atom stereocenters. The summed E-state index contributed by atoms with van der Waals surface area (Å²) in [7, 11) is 0. The number of aromatic nitrogens is 2. The Kier molecular flexibility index (Phi) is 3.19. The summed E-state index contributed by atoms with van der Waals surface area (Å²) in [6.07, 6.45) is -2.59. The SMILES string of the molecule is FC(F)c1cc(Cl)n(Cc2ccccc2)n1. The Bertz CT molecular complexity index is 468. The number of nitrogens with zero attached hydrogens (tertiary/aromatic N) is 2. The highest BCUT2D eigenvalue weighted by molar-refractivity contribution is 6.29. The summed E-state index contributed by atoms with van der Waals surface area (Å²) in [4.78, 5) is 0. The van der Waals surface area contributed by atoms with Crippen molar-refractivity contribution in [2.24, 2.45) is 0 Å². The smallest absolute Gasteiger partial charge is 0.249 e. The third kappa shape index (κ3) is 2.39. The quantitative estimate of drug-likeness (QED) is 0.805. The number of hydrogen-bond acceptors (Lipinski definition) is 1. The lowest BCUT2D eigenvalue weighted by molar-refractivity contribution is 0.145. The van der Waals surface area contributed by atoms with Crippen molar-refractivity contribution in [1.82, 2.24) is 9.78 Å². The Morgan fingerprint density at radius 1 is 1.25 bits per heavy atom. The van der Waals surface area contributed by atoms with Gasteiger partial charge in [0, 0.05) is 6.07 Å². The molecule has 0 fully saturated rings. The van der Waals surface area contributed by atoms with E-state index in [1.807, 2.05) is 30.3 Å². The molecule has 0 saturated carbocycles. The minimum Gasteiger partial charge on any atom is -0.249 e. The molecule has 1 aromatic heterocycles. The second-order valence-corrected chi connectivity index (χ2v) is 3.72. The molecule has 2 rings (SSSR count). The molecular formula is C11H9ClF2N2. The van der Waals surface area contributed by atoms with Gasteiger partial charge < -0.3 is 0 Å². The molecule has 16 heavy (non-hydrogen) atoms. The van der Waals surface area contributed by atoms with Gasteiger partial charge >= 0.3 is 0 Å². The Balaban J connectivity index is 2.22. The molecule has 0 aliphatic rings. The van der Waals surface area contributed by atoms with Crippen molar-refractivity contribution < 1.29 is 8.78 Å². The van der Waals surface area contributed by atoms with Crippen LogP contribution in [0.5, 0.6) is 0 Å². The average molecular weight is 243 g/mol. The van der Waals surface area contributed by atoms with E-state index in [1.165, 1.54) is 10.7 Å². The van der Waals surface area contributed by atoms with Gasteiger partial charge in [-0.15, -0.1) is 0 Å². The molecule has 0 aliphatic carbocycles. The van der Waals surface area contributed by atoms with E-state index in [-0.39, 0.29) is 10.8 Å². The summed E-state index contributed by atoms with van der Waals surface area (Å²) in [5.74, 6) is 0. The first-order valence-corrected chi connectivity index (χ1v) is 5.10. The normalized spacial score (nSPS) is 11.0. The van der Waals surface area contributed by atoms with Gasteiger partial charge in [0.15, 0.2) is 0 Å². The largest absolute Gasteiger partial charge is 0.282 e. The molecule has 84 valence electrons. The van der Waals surface area contributed by atoms with Crippen molar-refractivity contribution in [3.8, 4) is 0 Å². The molecule has 1 heterocycles. The topological polar surface area (TPSA) is 17.8 Å². The molecule has 2 nitrogen and oxygen atoms in total. The van der Waals surface area contributed by atoms with Crippen LogP contribution in [0.3, 0.4) is 0 Å². The van der Waals surface area contributed by atoms with Crippen molar-refractivity contribution in [1.29, 1.82) is 0 Å². The highest BCUT2D eigenvalue weighted by Crippen LogP contribution is 2.21. The molecule has 0 saturated heterocycles. The van der Waals surface area contributed by atoms with Gasteiger partial charge in [0.1, 0.15) is 10.8 Å². The van der Waals surface area contributed by atoms with E-state index in [0.29, 0.717) is 6.54 Å². The Morgan fingerprint density at radius 2 is 1.94 bits per heavy atom. The standard InChI is InChI=1S/C11H9ClF2N2/c12-10-6-9(11(13)14)15-16(10)7-8-4-2-1-3-5-8/h1-6,11H,7H2. The fourth-order valence-corrected chi connectivity index (χ4v) is 1.60. The van der Waals surface area contributed by atoms with E-state index in [1.54, 1.807) is 0 Å². The zero-order valence-electron chi connectivity index (χ0n) is 8.28. The maximum absolute atomic E-state index is 12.4. The van der Waals surface area contributed by atoms with Gasteiger partial charge in [-0.1, -0.05) is 41.9 Å². The predicted octanol–water partition coefficient (Wildman–Crippen LogP) is 3.52. The fourth-order valence-electron chi connectivity index (χ4n) is 1.39. The second kappa shape index (κ2) is 4.61. The van der Waals surface area contributed by atoms with E-state index in [9.17, 15) is 8.78 Å². The third-order valence-electron chi connectivity index (χ3n) is 2.15. The summed E-state index contributed by atoms with van der Waals surface area (Å²) >= 11 is 5.81. The minimum absolute atomic E-state index is 0.221. The second-order valence-electron chi connectivity index (χ2n) is 3.34. The summed E-state index contributed by atoms with van der Waals surface area (Å²) in [6.45, 7) is 0.395. The third-order valence-corrected chi connectivity index (χ3v) is 2.45. The van der Waals surface area contributed by atoms with Gasteiger partial charge in [-0.2, -0.15) is 5.10 Å². The lowest BCUT2D eigenvalue weighted by Crippen LogP contribution is -2.02. The Morgan fingerprint density at radius 3 is 2.50 bits per heavy atom. The van der Waals surface area contributed by atoms with Crippen molar-refractivity contribution in [3.05, 3.63) is 52.8 Å². The van der Waals surface area contributed by atoms with Crippen LogP contribution in [0.25, 0.3) is 0 Å². The van der Waals surface area contributed by atoms with Crippen LogP contribution in [0.1, 0.15) is 17.7 Å². The molecule has 1 aromatic carbocycles. The lowest BCUT2D eigenvalue weighted by Gasteiger charge is -2.02. The van der Waals surface area contributed by atoms with Gasteiger partial charge in [0.05, 0.1) is 6.54 Å². The van der Waals surface area contributed by atoms with Gasteiger partial charge in [-0.05, 0) is 5.56 Å². The molecular weight excluding hydrogens is 234 g/mol. The zero-order chi connectivity index (χ0) is 11.5. The summed E-state index contributed by atoms with van der Waals surface area (Å²) in [6, 6.07) is 10.6. The minimum atomic E-state index is -2.59. The first kappa shape index (κ1) is 11.1. The number of hydrogen-bond donors (Lipinski definition) is 0. The van der Waals surface area contributed by atoms with Crippen LogP contribution >= 0.6 is 11.6 Å². The van der Waals surface area contributed by atoms with Crippen LogP contribution in [0.4, 0.5) is 8.78 Å². The molecule has 0 bridgehead atoms. The van der Waals surface area contributed by atoms with E-state index in [2.05, 4.69) is 5.10 Å². The van der Waals surface area contributed by atoms with Crippen LogP contribution in [0.2, 0.25) is 5.15 Å². The summed E-state index contributed by atoms with van der Waals surface area (Å²) in [5.41, 5.74) is 0.675. The number of rotatable bonds is 3. The summed E-state index contributed by atoms with van der Waals surface area (Å²) in [5, 5.41) is 3.96. The molecule has 0 aliphatic heterocycles. The summed E-state index contributed by atoms with van der Waals surface area (Å²) < 4.78 is 26.1. The monoisotopic (exact) mass is 242 g/mol. The highest BCUT2D eigenvalue weighted by atomic mass is 35.5. The van der Waals surface area contributed by atoms with Gasteiger partial charge in [0.2, 0.25) is 0 Å². The van der Waals surface area contributed by atoms with Crippen LogP contribution in [-0.4, -0.2) is 9.78 Å². The molecule has 0 spiro atoms. The molecule has 2 aromatic rings. The van der Waals surface area contributed by atoms with Gasteiger partial charge in [0.25, 0.3) is 6.43 Å². The van der Waals surface area contributed by atoms with Gasteiger partial charge in [-0.3, -0.25) is 0 Å². The Hall–Kier alpha value is -1.42. The van der Waals surface area contributed by atoms with Crippen LogP contribution in [0, 0.1) is 0 Å². The fraction of sp³-hybridized carbons (Fsp3) is 0.182. The maximum Gasteiger partial charge on any atom is 0.282 e. The predicted molar refractivity (Wildman–Crippen MR) is 57.7 cm³/mol. The molecule has 0 unspecified atom stereocenters. The average Bonchev–Trinajstić information content (AvgIpc) is 2.62. The number of benzene rings is 1. The molecule has 0 N–H and O–H groups in total.